The smallest absolute Gasteiger partial charge is 0.267 e. The Morgan fingerprint density at radius 2 is 1.95 bits per heavy atom. The number of aliphatic hydroxyl groups is 1. The molecular weight excluding hydrogens is 266 g/mol. The van der Waals surface area contributed by atoms with Gasteiger partial charge in [0.1, 0.15) is 11.6 Å². The number of benzene rings is 1. The summed E-state index contributed by atoms with van der Waals surface area (Å²) in [6.45, 7) is 4.28. The molecule has 0 aromatic heterocycles. The molecule has 1 aromatic carbocycles. The van der Waals surface area contributed by atoms with E-state index in [0.717, 1.165) is 29.7 Å². The van der Waals surface area contributed by atoms with Gasteiger partial charge in [-0.2, -0.15) is 5.26 Å². The van der Waals surface area contributed by atoms with E-state index in [4.69, 9.17) is 10.4 Å². The average molecular weight is 287 g/mol. The van der Waals surface area contributed by atoms with Gasteiger partial charge in [-0.3, -0.25) is 4.79 Å². The van der Waals surface area contributed by atoms with Crippen molar-refractivity contribution < 1.29 is 9.90 Å². The van der Waals surface area contributed by atoms with Crippen LogP contribution in [0, 0.1) is 11.3 Å². The van der Waals surface area contributed by atoms with Crippen LogP contribution < -0.4 is 10.6 Å². The second-order valence-electron chi connectivity index (χ2n) is 4.46. The van der Waals surface area contributed by atoms with Crippen LogP contribution in [0.1, 0.15) is 25.0 Å². The van der Waals surface area contributed by atoms with Gasteiger partial charge in [0.2, 0.25) is 0 Å². The summed E-state index contributed by atoms with van der Waals surface area (Å²) in [5.41, 5.74) is 2.86. The molecule has 0 unspecified atom stereocenters. The maximum absolute atomic E-state index is 12.2. The molecule has 0 aliphatic rings. The number of hydrogen-bond acceptors (Lipinski definition) is 4. The van der Waals surface area contributed by atoms with E-state index in [2.05, 4.69) is 10.6 Å². The fraction of sp³-hybridized carbons (Fsp3) is 0.375. The molecule has 0 bridgehead atoms. The lowest BCUT2D eigenvalue weighted by Gasteiger charge is -2.14. The molecule has 1 aromatic rings. The maximum Gasteiger partial charge on any atom is 0.267 e. The van der Waals surface area contributed by atoms with Crippen molar-refractivity contribution in [3.63, 3.8) is 0 Å². The van der Waals surface area contributed by atoms with Gasteiger partial charge in [-0.05, 0) is 24.0 Å². The van der Waals surface area contributed by atoms with Gasteiger partial charge in [0.05, 0.1) is 6.61 Å². The molecule has 1 amide bonds. The number of anilines is 1. The second-order valence-corrected chi connectivity index (χ2v) is 4.46. The number of nitrogens with zero attached hydrogens (tertiary/aromatic N) is 1. The molecule has 0 saturated carbocycles. The van der Waals surface area contributed by atoms with Gasteiger partial charge in [-0.15, -0.1) is 0 Å². The summed E-state index contributed by atoms with van der Waals surface area (Å²) in [4.78, 5) is 12.2. The van der Waals surface area contributed by atoms with Crippen molar-refractivity contribution in [1.29, 1.82) is 5.26 Å². The van der Waals surface area contributed by atoms with Gasteiger partial charge < -0.3 is 15.7 Å². The van der Waals surface area contributed by atoms with E-state index in [1.165, 1.54) is 6.20 Å². The molecule has 3 N–H and O–H groups in total. The molecule has 0 atom stereocenters. The Morgan fingerprint density at radius 3 is 2.43 bits per heavy atom. The molecule has 0 spiro atoms. The van der Waals surface area contributed by atoms with Crippen LogP contribution >= 0.6 is 0 Å². The van der Waals surface area contributed by atoms with E-state index in [1.54, 1.807) is 0 Å². The predicted octanol–water partition coefficient (Wildman–Crippen LogP) is 1.74. The Kier molecular flexibility index (Phi) is 6.99. The van der Waals surface area contributed by atoms with Gasteiger partial charge in [0.25, 0.3) is 5.91 Å². The molecule has 0 radical (unpaired) electrons. The number of rotatable bonds is 7. The van der Waals surface area contributed by atoms with Crippen LogP contribution in [0.4, 0.5) is 5.69 Å². The second kappa shape index (κ2) is 8.77. The van der Waals surface area contributed by atoms with Crippen molar-refractivity contribution in [2.75, 3.05) is 18.5 Å². The fourth-order valence-corrected chi connectivity index (χ4v) is 1.97. The number of amides is 1. The third-order valence-corrected chi connectivity index (χ3v) is 3.10. The Bertz CT molecular complexity index is 537. The summed E-state index contributed by atoms with van der Waals surface area (Å²) >= 11 is 0. The Labute approximate surface area is 125 Å². The number of aliphatic hydroxyl groups excluding tert-OH is 1. The third kappa shape index (κ3) is 4.62. The largest absolute Gasteiger partial charge is 0.395 e. The number of nitriles is 1. The molecule has 112 valence electrons. The molecule has 0 fully saturated rings. The van der Waals surface area contributed by atoms with Crippen molar-refractivity contribution in [1.82, 2.24) is 5.32 Å². The van der Waals surface area contributed by atoms with Crippen molar-refractivity contribution in [2.24, 2.45) is 0 Å². The monoisotopic (exact) mass is 287 g/mol. The van der Waals surface area contributed by atoms with Crippen molar-refractivity contribution >= 4 is 11.6 Å². The van der Waals surface area contributed by atoms with Crippen LogP contribution in [0.2, 0.25) is 0 Å². The minimum absolute atomic E-state index is 0.0172. The number of carbonyl (C=O) groups is 1. The van der Waals surface area contributed by atoms with Crippen LogP contribution in [-0.4, -0.2) is 24.2 Å². The van der Waals surface area contributed by atoms with Gasteiger partial charge in [0, 0.05) is 18.4 Å². The highest BCUT2D eigenvalue weighted by atomic mass is 16.3. The third-order valence-electron chi connectivity index (χ3n) is 3.10. The highest BCUT2D eigenvalue weighted by Gasteiger charge is 2.13. The first kappa shape index (κ1) is 16.7. The minimum atomic E-state index is -0.446. The van der Waals surface area contributed by atoms with Gasteiger partial charge in [-0.25, -0.2) is 0 Å². The van der Waals surface area contributed by atoms with Gasteiger partial charge in [0.15, 0.2) is 0 Å². The molecule has 0 saturated heterocycles. The Morgan fingerprint density at radius 1 is 1.33 bits per heavy atom. The molecule has 0 aliphatic heterocycles. The molecule has 5 nitrogen and oxygen atoms in total. The minimum Gasteiger partial charge on any atom is -0.395 e. The first-order valence-electron chi connectivity index (χ1n) is 7.04. The van der Waals surface area contributed by atoms with Gasteiger partial charge >= 0.3 is 0 Å². The molecule has 5 heteroatoms. The lowest BCUT2D eigenvalue weighted by atomic mass is 10.0. The number of hydrogen-bond donors (Lipinski definition) is 3. The number of carbonyl (C=O) groups excluding carboxylic acids is 1. The molecule has 0 aliphatic carbocycles. The van der Waals surface area contributed by atoms with Crippen LogP contribution in [0.3, 0.4) is 0 Å². The van der Waals surface area contributed by atoms with E-state index in [1.807, 2.05) is 38.1 Å². The topological polar surface area (TPSA) is 85.2 Å². The normalized spacial score (nSPS) is 10.9. The first-order valence-corrected chi connectivity index (χ1v) is 7.04. The number of aryl methyl sites for hydroxylation is 2. The van der Waals surface area contributed by atoms with Crippen LogP contribution in [0.5, 0.6) is 0 Å². The SMILES string of the molecule is CCc1cccc(CC)c1NC(=O)/C(C#N)=C\NCCO. The standard InChI is InChI=1S/C16H21N3O2/c1-3-12-6-5-7-13(4-2)15(12)19-16(21)14(10-17)11-18-8-9-20/h5-7,11,18,20H,3-4,8-9H2,1-2H3,(H,19,21)/b14-11-. The van der Waals surface area contributed by atoms with Gasteiger partial charge in [-0.1, -0.05) is 32.0 Å². The lowest BCUT2D eigenvalue weighted by Crippen LogP contribution is -2.19. The number of nitrogens with one attached hydrogen (secondary N) is 2. The average Bonchev–Trinajstić information content (AvgIpc) is 2.51. The zero-order valence-corrected chi connectivity index (χ0v) is 12.4. The van der Waals surface area contributed by atoms with Crippen molar-refractivity contribution in [3.05, 3.63) is 41.1 Å². The Balaban J connectivity index is 2.97. The van der Waals surface area contributed by atoms with Crippen LogP contribution in [-0.2, 0) is 17.6 Å². The maximum atomic E-state index is 12.2. The number of para-hydroxylation sites is 1. The molecule has 21 heavy (non-hydrogen) atoms. The van der Waals surface area contributed by atoms with Crippen LogP contribution in [0.15, 0.2) is 30.0 Å². The lowest BCUT2D eigenvalue weighted by molar-refractivity contribution is -0.112. The highest BCUT2D eigenvalue weighted by Crippen LogP contribution is 2.23. The van der Waals surface area contributed by atoms with E-state index in [0.29, 0.717) is 6.54 Å². The van der Waals surface area contributed by atoms with Crippen LogP contribution in [0.25, 0.3) is 0 Å². The summed E-state index contributed by atoms with van der Waals surface area (Å²) < 4.78 is 0. The van der Waals surface area contributed by atoms with E-state index in [-0.39, 0.29) is 12.2 Å². The van der Waals surface area contributed by atoms with E-state index >= 15 is 0 Å². The quantitative estimate of drug-likeness (QED) is 0.405. The van der Waals surface area contributed by atoms with Crippen molar-refractivity contribution in [3.8, 4) is 6.07 Å². The van der Waals surface area contributed by atoms with Crippen molar-refractivity contribution in [2.45, 2.75) is 26.7 Å². The highest BCUT2D eigenvalue weighted by molar-refractivity contribution is 6.07. The fourth-order valence-electron chi connectivity index (χ4n) is 1.97. The summed E-state index contributed by atoms with van der Waals surface area (Å²) in [7, 11) is 0. The predicted molar refractivity (Wildman–Crippen MR) is 82.6 cm³/mol. The summed E-state index contributed by atoms with van der Waals surface area (Å²) in [6.07, 6.45) is 2.93. The summed E-state index contributed by atoms with van der Waals surface area (Å²) in [6, 6.07) is 7.76. The first-order chi connectivity index (χ1) is 10.2. The Hall–Kier alpha value is -2.32. The summed E-state index contributed by atoms with van der Waals surface area (Å²) in [5, 5.41) is 23.3. The molecule has 1 rings (SSSR count). The zero-order chi connectivity index (χ0) is 15.7. The van der Waals surface area contributed by atoms with E-state index < -0.39 is 5.91 Å². The van der Waals surface area contributed by atoms with E-state index in [9.17, 15) is 4.79 Å². The molecular formula is C16H21N3O2. The zero-order valence-electron chi connectivity index (χ0n) is 12.4. The molecule has 0 heterocycles. The summed E-state index contributed by atoms with van der Waals surface area (Å²) in [5.74, 6) is -0.446.